The van der Waals surface area contributed by atoms with Crippen LogP contribution in [0.5, 0.6) is 0 Å². The molecule has 2 bridgehead atoms. The Labute approximate surface area is 209 Å². The van der Waals surface area contributed by atoms with Gasteiger partial charge in [-0.1, -0.05) is 18.2 Å². The Hall–Kier alpha value is -2.92. The van der Waals surface area contributed by atoms with Crippen LogP contribution in [0.3, 0.4) is 0 Å². The van der Waals surface area contributed by atoms with Gasteiger partial charge in [0, 0.05) is 6.04 Å². The Balaban J connectivity index is 1.32. The summed E-state index contributed by atoms with van der Waals surface area (Å²) in [5.74, 6) is 3.36. The van der Waals surface area contributed by atoms with Crippen LogP contribution in [0.2, 0.25) is 0 Å². The molecular formula is C24H25N5O4S2. The van der Waals surface area contributed by atoms with Crippen molar-refractivity contribution in [1.29, 1.82) is 0 Å². The molecule has 0 aromatic carbocycles. The average Bonchev–Trinajstić information content (AvgIpc) is 3.65. The molecule has 35 heavy (non-hydrogen) atoms. The lowest BCUT2D eigenvalue weighted by atomic mass is 9.84. The molecule has 182 valence electrons. The van der Waals surface area contributed by atoms with Crippen molar-refractivity contribution in [2.45, 2.75) is 56.5 Å². The molecule has 9 nitrogen and oxygen atoms in total. The fourth-order valence-corrected chi connectivity index (χ4v) is 7.92. The van der Waals surface area contributed by atoms with Gasteiger partial charge in [0.25, 0.3) is 5.56 Å². The summed E-state index contributed by atoms with van der Waals surface area (Å²) in [5, 5.41) is 19.5. The zero-order chi connectivity index (χ0) is 24.3. The summed E-state index contributed by atoms with van der Waals surface area (Å²) in [5.41, 5.74) is 0.132. The molecule has 2 fully saturated rings. The number of carboxylic acids is 1. The number of aromatic carboxylic acids is 1. The van der Waals surface area contributed by atoms with E-state index in [1.807, 2.05) is 12.1 Å². The van der Waals surface area contributed by atoms with Crippen LogP contribution in [-0.4, -0.2) is 35.8 Å². The molecule has 4 atom stereocenters. The number of hydrogen-bond acceptors (Lipinski definition) is 8. The summed E-state index contributed by atoms with van der Waals surface area (Å²) < 4.78 is 7.85. The molecule has 2 N–H and O–H groups in total. The van der Waals surface area contributed by atoms with Crippen LogP contribution < -0.4 is 5.56 Å². The summed E-state index contributed by atoms with van der Waals surface area (Å²) in [7, 11) is 0. The monoisotopic (exact) mass is 511 g/mol. The van der Waals surface area contributed by atoms with Gasteiger partial charge in [0.05, 0.1) is 17.4 Å². The van der Waals surface area contributed by atoms with Crippen LogP contribution in [-0.2, 0) is 5.75 Å². The van der Waals surface area contributed by atoms with E-state index in [4.69, 9.17) is 4.42 Å². The van der Waals surface area contributed by atoms with Crippen LogP contribution in [0, 0.1) is 24.7 Å². The van der Waals surface area contributed by atoms with E-state index < -0.39 is 5.97 Å². The predicted octanol–water partition coefficient (Wildman–Crippen LogP) is 5.13. The molecule has 2 aliphatic rings. The number of aromatic amines is 1. The maximum Gasteiger partial charge on any atom is 0.346 e. The predicted molar refractivity (Wildman–Crippen MR) is 133 cm³/mol. The first-order valence-corrected chi connectivity index (χ1v) is 13.6. The van der Waals surface area contributed by atoms with Crippen LogP contribution in [0.25, 0.3) is 21.8 Å². The zero-order valence-electron chi connectivity index (χ0n) is 19.4. The van der Waals surface area contributed by atoms with Crippen molar-refractivity contribution in [3.8, 4) is 11.6 Å². The summed E-state index contributed by atoms with van der Waals surface area (Å²) in [6.45, 7) is 3.89. The highest BCUT2D eigenvalue weighted by atomic mass is 32.2. The Morgan fingerprint density at radius 1 is 1.37 bits per heavy atom. The first kappa shape index (κ1) is 22.5. The summed E-state index contributed by atoms with van der Waals surface area (Å²) >= 11 is 2.49. The standard InChI is InChI=1S/C24H25N5O4S2/c1-11-18-21(30)25-17(26-22(18)35-19(11)23(31)32)10-34-24-28-27-20(16-4-3-7-33-16)29(24)12(2)15-9-13-5-6-14(15)8-13/h3-4,7,12-15H,5-6,8-10H2,1-2H3,(H,31,32)(H,25,26,30). The number of H-pyrrole nitrogens is 1. The van der Waals surface area contributed by atoms with Gasteiger partial charge in [0.1, 0.15) is 15.5 Å². The zero-order valence-corrected chi connectivity index (χ0v) is 21.0. The third-order valence-corrected chi connectivity index (χ3v) is 9.74. The van der Waals surface area contributed by atoms with E-state index in [2.05, 4.69) is 31.7 Å². The van der Waals surface area contributed by atoms with Crippen LogP contribution in [0.1, 0.15) is 59.7 Å². The maximum absolute atomic E-state index is 12.7. The van der Waals surface area contributed by atoms with Crippen molar-refractivity contribution < 1.29 is 14.3 Å². The van der Waals surface area contributed by atoms with Crippen molar-refractivity contribution in [3.63, 3.8) is 0 Å². The lowest BCUT2D eigenvalue weighted by molar-refractivity contribution is 0.0701. The average molecular weight is 512 g/mol. The molecule has 4 heterocycles. The van der Waals surface area contributed by atoms with E-state index in [1.54, 1.807) is 13.2 Å². The number of fused-ring (bicyclic) bond motifs is 3. The molecule has 0 amide bonds. The SMILES string of the molecule is Cc1c(C(=O)O)sc2nc(CSc3nnc(-c4ccco4)n3C(C)C3CC4CCC3C4)[nH]c(=O)c12. The van der Waals surface area contributed by atoms with E-state index >= 15 is 0 Å². The minimum Gasteiger partial charge on any atom is -0.477 e. The summed E-state index contributed by atoms with van der Waals surface area (Å²) in [4.78, 5) is 32.2. The van der Waals surface area contributed by atoms with E-state index in [1.165, 1.54) is 37.4 Å². The molecule has 0 aliphatic heterocycles. The molecule has 2 saturated carbocycles. The number of furan rings is 1. The molecule has 6 rings (SSSR count). The number of nitrogens with one attached hydrogen (secondary N) is 1. The minimum absolute atomic E-state index is 0.144. The number of aromatic nitrogens is 5. The summed E-state index contributed by atoms with van der Waals surface area (Å²) in [6, 6.07) is 3.96. The second kappa shape index (κ2) is 8.63. The van der Waals surface area contributed by atoms with Gasteiger partial charge in [-0.05, 0) is 68.6 Å². The number of rotatable bonds is 7. The molecular weight excluding hydrogens is 486 g/mol. The lowest BCUT2D eigenvalue weighted by Crippen LogP contribution is -2.23. The van der Waals surface area contributed by atoms with Crippen LogP contribution in [0.15, 0.2) is 32.8 Å². The number of aryl methyl sites for hydroxylation is 1. The van der Waals surface area contributed by atoms with E-state index in [9.17, 15) is 14.7 Å². The van der Waals surface area contributed by atoms with Crippen molar-refractivity contribution >= 4 is 39.3 Å². The minimum atomic E-state index is -1.05. The second-order valence-electron chi connectivity index (χ2n) is 9.58. The highest BCUT2D eigenvalue weighted by Crippen LogP contribution is 2.53. The maximum atomic E-state index is 12.7. The third-order valence-electron chi connectivity index (χ3n) is 7.61. The van der Waals surface area contributed by atoms with Gasteiger partial charge in [-0.3, -0.25) is 9.36 Å². The molecule has 4 aromatic heterocycles. The number of carbonyl (C=O) groups is 1. The van der Waals surface area contributed by atoms with E-state index in [0.29, 0.717) is 44.9 Å². The van der Waals surface area contributed by atoms with Crippen molar-refractivity contribution in [1.82, 2.24) is 24.7 Å². The third kappa shape index (κ3) is 3.81. The number of carboxylic acid groups (broad SMARTS) is 1. The topological polar surface area (TPSA) is 127 Å². The highest BCUT2D eigenvalue weighted by Gasteiger charge is 2.43. The van der Waals surface area contributed by atoms with E-state index in [-0.39, 0.29) is 16.5 Å². The number of thiophene rings is 1. The van der Waals surface area contributed by atoms with E-state index in [0.717, 1.165) is 28.3 Å². The van der Waals surface area contributed by atoms with Gasteiger partial charge in [-0.25, -0.2) is 9.78 Å². The molecule has 11 heteroatoms. The Bertz CT molecular complexity index is 1470. The van der Waals surface area contributed by atoms with Gasteiger partial charge in [-0.15, -0.1) is 21.5 Å². The molecule has 0 spiro atoms. The Morgan fingerprint density at radius 3 is 2.91 bits per heavy atom. The first-order valence-electron chi connectivity index (χ1n) is 11.8. The number of nitrogens with zero attached hydrogens (tertiary/aromatic N) is 4. The molecule has 0 saturated heterocycles. The largest absolute Gasteiger partial charge is 0.477 e. The second-order valence-corrected chi connectivity index (χ2v) is 11.5. The number of thioether (sulfide) groups is 1. The first-order chi connectivity index (χ1) is 16.9. The van der Waals surface area contributed by atoms with Crippen LogP contribution in [0.4, 0.5) is 0 Å². The fraction of sp³-hybridized carbons (Fsp3) is 0.458. The van der Waals surface area contributed by atoms with Crippen molar-refractivity contribution in [2.24, 2.45) is 17.8 Å². The highest BCUT2D eigenvalue weighted by molar-refractivity contribution is 7.98. The molecule has 2 aliphatic carbocycles. The lowest BCUT2D eigenvalue weighted by Gasteiger charge is -2.30. The quantitative estimate of drug-likeness (QED) is 0.327. The van der Waals surface area contributed by atoms with Gasteiger partial charge < -0.3 is 14.5 Å². The summed E-state index contributed by atoms with van der Waals surface area (Å²) in [6.07, 6.45) is 6.84. The van der Waals surface area contributed by atoms with Gasteiger partial charge in [0.2, 0.25) is 5.82 Å². The Kier molecular flexibility index (Phi) is 5.56. The van der Waals surface area contributed by atoms with Gasteiger partial charge in [-0.2, -0.15) is 0 Å². The van der Waals surface area contributed by atoms with Gasteiger partial charge >= 0.3 is 5.97 Å². The van der Waals surface area contributed by atoms with Crippen molar-refractivity contribution in [3.05, 3.63) is 45.0 Å². The number of hydrogen-bond donors (Lipinski definition) is 2. The van der Waals surface area contributed by atoms with Gasteiger partial charge in [0.15, 0.2) is 10.9 Å². The molecule has 4 unspecified atom stereocenters. The molecule has 0 radical (unpaired) electrons. The molecule has 4 aromatic rings. The smallest absolute Gasteiger partial charge is 0.346 e. The van der Waals surface area contributed by atoms with Crippen LogP contribution >= 0.6 is 23.1 Å². The Morgan fingerprint density at radius 2 is 2.23 bits per heavy atom. The fourth-order valence-electron chi connectivity index (χ4n) is 5.99. The van der Waals surface area contributed by atoms with Crippen molar-refractivity contribution in [2.75, 3.05) is 0 Å². The normalized spacial score (nSPS) is 22.3.